The van der Waals surface area contributed by atoms with Gasteiger partial charge in [0.2, 0.25) is 0 Å². The molecule has 1 aromatic heterocycles. The molecule has 0 fully saturated rings. The lowest BCUT2D eigenvalue weighted by atomic mass is 10.1. The van der Waals surface area contributed by atoms with Gasteiger partial charge in [-0.15, -0.1) is 0 Å². The lowest BCUT2D eigenvalue weighted by Crippen LogP contribution is -2.25. The molecule has 1 unspecified atom stereocenters. The molecule has 2 rings (SSSR count). The molecule has 0 saturated heterocycles. The molecule has 1 aliphatic heterocycles. The summed E-state index contributed by atoms with van der Waals surface area (Å²) in [5, 5.41) is 0. The Bertz CT molecular complexity index is 359. The number of rotatable bonds is 5. The monoisotopic (exact) mass is 234 g/mol. The van der Waals surface area contributed by atoms with Crippen molar-refractivity contribution in [2.75, 3.05) is 6.61 Å². The molecule has 2 heterocycles. The molecule has 0 aromatic carbocycles. The molecule has 3 heteroatoms. The van der Waals surface area contributed by atoms with E-state index in [1.54, 1.807) is 12.5 Å². The van der Waals surface area contributed by atoms with Gasteiger partial charge in [0.15, 0.2) is 12.4 Å². The molecule has 92 valence electrons. The Kier molecular flexibility index (Phi) is 4.42. The molecular formula is C14H20NO2+. The highest BCUT2D eigenvalue weighted by Gasteiger charge is 2.10. The zero-order valence-electron chi connectivity index (χ0n) is 10.3. The van der Waals surface area contributed by atoms with Crippen molar-refractivity contribution in [3.05, 3.63) is 42.6 Å². The average molecular weight is 234 g/mol. The number of nitrogens with zero attached hydrogens (tertiary/aromatic N) is 1. The van der Waals surface area contributed by atoms with Crippen LogP contribution in [0.2, 0.25) is 0 Å². The first kappa shape index (κ1) is 12.0. The van der Waals surface area contributed by atoms with Gasteiger partial charge in [-0.25, -0.2) is 4.57 Å². The van der Waals surface area contributed by atoms with Crippen molar-refractivity contribution in [3.63, 3.8) is 0 Å². The Morgan fingerprint density at radius 3 is 2.76 bits per heavy atom. The van der Waals surface area contributed by atoms with Crippen molar-refractivity contribution in [3.8, 4) is 0 Å². The van der Waals surface area contributed by atoms with Crippen molar-refractivity contribution < 1.29 is 14.0 Å². The van der Waals surface area contributed by atoms with Crippen LogP contribution in [0.1, 0.15) is 24.8 Å². The number of aryl methyl sites for hydroxylation is 2. The van der Waals surface area contributed by atoms with Gasteiger partial charge in [0, 0.05) is 12.1 Å². The highest BCUT2D eigenvalue weighted by molar-refractivity contribution is 5.06. The lowest BCUT2D eigenvalue weighted by molar-refractivity contribution is -0.671. The topological polar surface area (TPSA) is 22.3 Å². The summed E-state index contributed by atoms with van der Waals surface area (Å²) in [7, 11) is 2.04. The fourth-order valence-corrected chi connectivity index (χ4v) is 1.94. The second-order valence-electron chi connectivity index (χ2n) is 4.48. The lowest BCUT2D eigenvalue weighted by Gasteiger charge is -2.19. The van der Waals surface area contributed by atoms with Gasteiger partial charge in [-0.3, -0.25) is 0 Å². The molecule has 0 saturated carbocycles. The molecule has 17 heavy (non-hydrogen) atoms. The fraction of sp³-hybridized carbons (Fsp3) is 0.500. The first-order valence-electron chi connectivity index (χ1n) is 6.21. The van der Waals surface area contributed by atoms with Crippen LogP contribution in [-0.2, 0) is 22.9 Å². The summed E-state index contributed by atoms with van der Waals surface area (Å²) in [6, 6.07) is 4.37. The van der Waals surface area contributed by atoms with E-state index in [2.05, 4.69) is 29.1 Å². The Labute approximate surface area is 103 Å². The Morgan fingerprint density at radius 2 is 2.06 bits per heavy atom. The van der Waals surface area contributed by atoms with Crippen LogP contribution in [0.15, 0.2) is 37.1 Å². The molecule has 1 aliphatic rings. The zero-order chi connectivity index (χ0) is 11.9. The number of aromatic nitrogens is 1. The van der Waals surface area contributed by atoms with E-state index < -0.39 is 0 Å². The predicted molar refractivity (Wildman–Crippen MR) is 65.1 cm³/mol. The molecule has 1 aromatic rings. The first-order valence-corrected chi connectivity index (χ1v) is 6.21. The molecule has 0 radical (unpaired) electrons. The summed E-state index contributed by atoms with van der Waals surface area (Å²) >= 11 is 0. The molecule has 0 N–H and O–H groups in total. The van der Waals surface area contributed by atoms with Crippen LogP contribution in [-0.4, -0.2) is 12.7 Å². The van der Waals surface area contributed by atoms with Crippen LogP contribution in [0.5, 0.6) is 0 Å². The van der Waals surface area contributed by atoms with E-state index in [0.717, 1.165) is 12.8 Å². The largest absolute Gasteiger partial charge is 0.494 e. The second-order valence-corrected chi connectivity index (χ2v) is 4.48. The van der Waals surface area contributed by atoms with E-state index >= 15 is 0 Å². The standard InChI is InChI=1S/C14H20NO2/c1-15-8-6-13(7-9-15)4-2-3-5-14-12-16-10-11-17-14/h6-11,14H,2-5,12H2,1H3/q+1. The van der Waals surface area contributed by atoms with Gasteiger partial charge in [0.25, 0.3) is 0 Å². The third-order valence-electron chi connectivity index (χ3n) is 2.99. The van der Waals surface area contributed by atoms with Crippen molar-refractivity contribution in [2.45, 2.75) is 31.8 Å². The van der Waals surface area contributed by atoms with Crippen LogP contribution in [0.25, 0.3) is 0 Å². The maximum atomic E-state index is 5.44. The highest BCUT2D eigenvalue weighted by Crippen LogP contribution is 2.12. The molecular weight excluding hydrogens is 214 g/mol. The van der Waals surface area contributed by atoms with Gasteiger partial charge in [0.05, 0.1) is 0 Å². The maximum Gasteiger partial charge on any atom is 0.168 e. The first-order chi connectivity index (χ1) is 8.34. The van der Waals surface area contributed by atoms with Gasteiger partial charge < -0.3 is 9.47 Å². The van der Waals surface area contributed by atoms with E-state index in [-0.39, 0.29) is 6.10 Å². The van der Waals surface area contributed by atoms with Crippen molar-refractivity contribution >= 4 is 0 Å². The van der Waals surface area contributed by atoms with Gasteiger partial charge >= 0.3 is 0 Å². The Balaban J connectivity index is 1.62. The number of unbranched alkanes of at least 4 members (excludes halogenated alkanes) is 1. The fourth-order valence-electron chi connectivity index (χ4n) is 1.94. The molecule has 1 atom stereocenters. The van der Waals surface area contributed by atoms with Gasteiger partial charge in [-0.2, -0.15) is 0 Å². The van der Waals surface area contributed by atoms with Crippen molar-refractivity contribution in [1.29, 1.82) is 0 Å². The minimum atomic E-state index is 0.244. The van der Waals surface area contributed by atoms with Crippen LogP contribution in [0.3, 0.4) is 0 Å². The summed E-state index contributed by atoms with van der Waals surface area (Å²) in [5.41, 5.74) is 1.41. The molecule has 0 amide bonds. The van der Waals surface area contributed by atoms with E-state index in [1.165, 1.54) is 18.4 Å². The maximum absolute atomic E-state index is 5.44. The Morgan fingerprint density at radius 1 is 1.24 bits per heavy atom. The third-order valence-corrected chi connectivity index (χ3v) is 2.99. The highest BCUT2D eigenvalue weighted by atomic mass is 16.6. The second kappa shape index (κ2) is 6.28. The SMILES string of the molecule is C[n+]1ccc(CCCCC2COC=CO2)cc1. The average Bonchev–Trinajstić information content (AvgIpc) is 2.38. The normalized spacial score (nSPS) is 18.5. The summed E-state index contributed by atoms with van der Waals surface area (Å²) in [6.07, 6.45) is 12.3. The van der Waals surface area contributed by atoms with Crippen LogP contribution < -0.4 is 4.57 Å². The number of hydrogen-bond acceptors (Lipinski definition) is 2. The van der Waals surface area contributed by atoms with Gasteiger partial charge in [0.1, 0.15) is 32.3 Å². The van der Waals surface area contributed by atoms with Crippen molar-refractivity contribution in [1.82, 2.24) is 0 Å². The van der Waals surface area contributed by atoms with Crippen LogP contribution in [0, 0.1) is 0 Å². The van der Waals surface area contributed by atoms with E-state index in [0.29, 0.717) is 6.61 Å². The van der Waals surface area contributed by atoms with Crippen LogP contribution in [0.4, 0.5) is 0 Å². The van der Waals surface area contributed by atoms with Crippen LogP contribution >= 0.6 is 0 Å². The number of hydrogen-bond donors (Lipinski definition) is 0. The molecule has 3 nitrogen and oxygen atoms in total. The third kappa shape index (κ3) is 4.10. The smallest absolute Gasteiger partial charge is 0.168 e. The summed E-state index contributed by atoms with van der Waals surface area (Å²) in [4.78, 5) is 0. The molecule has 0 aliphatic carbocycles. The minimum Gasteiger partial charge on any atom is -0.494 e. The van der Waals surface area contributed by atoms with Crippen molar-refractivity contribution in [2.24, 2.45) is 7.05 Å². The molecule has 0 spiro atoms. The molecule has 0 bridgehead atoms. The van der Waals surface area contributed by atoms with Gasteiger partial charge in [-0.05, 0) is 31.2 Å². The summed E-state index contributed by atoms with van der Waals surface area (Å²) in [6.45, 7) is 0.692. The Hall–Kier alpha value is -1.51. The zero-order valence-corrected chi connectivity index (χ0v) is 10.3. The predicted octanol–water partition coefficient (Wildman–Crippen LogP) is 2.11. The number of ether oxygens (including phenoxy) is 2. The quantitative estimate of drug-likeness (QED) is 0.575. The van der Waals surface area contributed by atoms with E-state index in [1.807, 2.05) is 7.05 Å². The minimum absolute atomic E-state index is 0.244. The summed E-state index contributed by atoms with van der Waals surface area (Å²) < 4.78 is 12.7. The van der Waals surface area contributed by atoms with Gasteiger partial charge in [-0.1, -0.05) is 0 Å². The van der Waals surface area contributed by atoms with E-state index in [9.17, 15) is 0 Å². The summed E-state index contributed by atoms with van der Waals surface area (Å²) in [5.74, 6) is 0. The number of pyridine rings is 1. The van der Waals surface area contributed by atoms with E-state index in [4.69, 9.17) is 9.47 Å².